The molecule has 0 saturated heterocycles. The van der Waals surface area contributed by atoms with E-state index < -0.39 is 11.5 Å². The van der Waals surface area contributed by atoms with E-state index in [1.54, 1.807) is 17.8 Å². The Hall–Kier alpha value is -7.13. The highest BCUT2D eigenvalue weighted by atomic mass is 16.4. The smallest absolute Gasteiger partial charge is 0.331 e. The molecule has 0 aliphatic rings. The first-order chi connectivity index (χ1) is 27.5. The number of benzene rings is 5. The average molecular weight is 736 g/mol. The van der Waals surface area contributed by atoms with Gasteiger partial charge in [0.25, 0.3) is 0 Å². The zero-order valence-corrected chi connectivity index (χ0v) is 31.3. The van der Waals surface area contributed by atoms with Gasteiger partial charge in [-0.3, -0.25) is 0 Å². The van der Waals surface area contributed by atoms with E-state index in [-0.39, 0.29) is 5.57 Å². The second-order valence-electron chi connectivity index (χ2n) is 13.7. The second kappa shape index (κ2) is 15.7. The molecule has 1 N–H and O–H groups in total. The van der Waals surface area contributed by atoms with E-state index in [1.165, 1.54) is 0 Å². The lowest BCUT2D eigenvalue weighted by atomic mass is 9.77. The predicted molar refractivity (Wildman–Crippen MR) is 219 cm³/mol. The number of hydrogen-bond acceptors (Lipinski definition) is 5. The van der Waals surface area contributed by atoms with E-state index in [0.717, 1.165) is 63.3 Å². The van der Waals surface area contributed by atoms with E-state index in [4.69, 9.17) is 20.4 Å². The fourth-order valence-corrected chi connectivity index (χ4v) is 7.42. The molecule has 0 atom stereocenters. The number of nitrogens with zero attached hydrogens (tertiary/aromatic N) is 7. The van der Waals surface area contributed by atoms with Crippen LogP contribution in [0.25, 0.3) is 34.4 Å². The van der Waals surface area contributed by atoms with Crippen LogP contribution < -0.4 is 0 Å². The van der Waals surface area contributed by atoms with Crippen LogP contribution in [0.3, 0.4) is 0 Å². The van der Waals surface area contributed by atoms with Gasteiger partial charge < -0.3 is 14.2 Å². The molecule has 8 aromatic rings. The van der Waals surface area contributed by atoms with Crippen molar-refractivity contribution in [2.24, 2.45) is 0 Å². The maximum atomic E-state index is 11.9. The van der Waals surface area contributed by atoms with Crippen LogP contribution in [0, 0.1) is 0 Å². The molecule has 56 heavy (non-hydrogen) atoms. The van der Waals surface area contributed by atoms with Gasteiger partial charge >= 0.3 is 5.97 Å². The van der Waals surface area contributed by atoms with Crippen LogP contribution in [0.2, 0.25) is 0 Å². The van der Waals surface area contributed by atoms with Crippen molar-refractivity contribution in [3.63, 3.8) is 0 Å². The minimum atomic E-state index is -0.961. The fourth-order valence-electron chi connectivity index (χ4n) is 7.42. The van der Waals surface area contributed by atoms with Crippen molar-refractivity contribution >= 4 is 12.0 Å². The molecule has 0 amide bonds. The molecule has 8 rings (SSSR count). The first-order valence-corrected chi connectivity index (χ1v) is 18.8. The Kier molecular flexibility index (Phi) is 10.1. The third kappa shape index (κ3) is 6.75. The van der Waals surface area contributed by atoms with Crippen LogP contribution in [0.4, 0.5) is 0 Å². The minimum absolute atomic E-state index is 0.244. The molecule has 0 spiro atoms. The van der Waals surface area contributed by atoms with Gasteiger partial charge in [0, 0.05) is 36.5 Å². The fraction of sp³-hybridized carbons (Fsp3) is 0.128. The van der Waals surface area contributed by atoms with Crippen molar-refractivity contribution in [3.8, 4) is 28.3 Å². The summed E-state index contributed by atoms with van der Waals surface area (Å²) in [6.45, 7) is 4.26. The van der Waals surface area contributed by atoms with E-state index in [0.29, 0.717) is 18.2 Å². The lowest BCUT2D eigenvalue weighted by Crippen LogP contribution is -2.39. The molecule has 0 unspecified atom stereocenters. The number of carboxylic acids is 1. The Morgan fingerprint density at radius 2 is 1.27 bits per heavy atom. The van der Waals surface area contributed by atoms with E-state index in [9.17, 15) is 9.90 Å². The lowest BCUT2D eigenvalue weighted by Gasteiger charge is -2.34. The Morgan fingerprint density at radius 1 is 0.714 bits per heavy atom. The summed E-state index contributed by atoms with van der Waals surface area (Å²) in [6.07, 6.45) is 7.24. The highest BCUT2D eigenvalue weighted by molar-refractivity contribution is 5.91. The van der Waals surface area contributed by atoms with Crippen LogP contribution in [0.1, 0.15) is 54.0 Å². The third-order valence-corrected chi connectivity index (χ3v) is 10.1. The average Bonchev–Trinajstić information content (AvgIpc) is 4.03. The van der Waals surface area contributed by atoms with Crippen LogP contribution in [0.5, 0.6) is 0 Å². The van der Waals surface area contributed by atoms with E-state index in [1.807, 2.05) is 102 Å². The number of imidazole rings is 1. The zero-order valence-electron chi connectivity index (χ0n) is 31.3. The SMILES string of the molecule is CCCc1nc(-n2cccc2)c(C=C(C)C(=O)O)n1Cc1ccc(-c2ccccc2-c2nnn(C(c3ccccc3)(c3ccccc3)c3ccccc3)n2)cc1. The highest BCUT2D eigenvalue weighted by Crippen LogP contribution is 2.40. The molecular formula is C47H41N7O2. The number of aryl methyl sites for hydroxylation is 1. The molecular weight excluding hydrogens is 695 g/mol. The number of rotatable bonds is 13. The summed E-state index contributed by atoms with van der Waals surface area (Å²) in [6, 6.07) is 51.4. The van der Waals surface area contributed by atoms with Crippen molar-refractivity contribution in [1.29, 1.82) is 0 Å². The Morgan fingerprint density at radius 3 is 1.82 bits per heavy atom. The van der Waals surface area contributed by atoms with Crippen molar-refractivity contribution in [1.82, 2.24) is 34.3 Å². The maximum Gasteiger partial charge on any atom is 0.331 e. The Bertz CT molecular complexity index is 2490. The first kappa shape index (κ1) is 35.9. The quantitative estimate of drug-likeness (QED) is 0.0936. The highest BCUT2D eigenvalue weighted by Gasteiger charge is 2.41. The van der Waals surface area contributed by atoms with E-state index in [2.05, 4.69) is 78.2 Å². The number of carbonyl (C=O) groups is 1. The van der Waals surface area contributed by atoms with Crippen molar-refractivity contribution in [2.75, 3.05) is 0 Å². The van der Waals surface area contributed by atoms with Crippen molar-refractivity contribution < 1.29 is 9.90 Å². The molecule has 9 heteroatoms. The summed E-state index contributed by atoms with van der Waals surface area (Å²) in [5, 5.41) is 24.5. The predicted octanol–water partition coefficient (Wildman–Crippen LogP) is 9.32. The standard InChI is InChI=1S/C47H41N7O2/c1-3-17-43-48-45(52-30-15-16-31-52)42(32-34(2)46(55)56)53(43)33-35-26-28-36(29-27-35)40-24-13-14-25-41(40)44-49-51-54(50-44)47(37-18-7-4-8-19-37,38-20-9-5-10-21-38)39-22-11-6-12-23-39/h4-16,18-32H,3,17,33H2,1-2H3,(H,55,56). The number of hydrogen-bond donors (Lipinski definition) is 1. The third-order valence-electron chi connectivity index (χ3n) is 10.1. The molecule has 0 bridgehead atoms. The molecule has 5 aromatic carbocycles. The maximum absolute atomic E-state index is 11.9. The summed E-state index contributed by atoms with van der Waals surface area (Å²) in [5.41, 5.74) is 7.08. The number of carboxylic acid groups (broad SMARTS) is 1. The van der Waals surface area contributed by atoms with Gasteiger partial charge in [0.15, 0.2) is 11.4 Å². The van der Waals surface area contributed by atoms with Gasteiger partial charge in [0.05, 0.1) is 5.69 Å². The topological polar surface area (TPSA) is 104 Å². The number of aromatic nitrogens is 7. The van der Waals surface area contributed by atoms with Crippen molar-refractivity contribution in [3.05, 3.63) is 203 Å². The molecule has 0 aliphatic carbocycles. The van der Waals surface area contributed by atoms with Gasteiger partial charge in [-0.05, 0) is 70.1 Å². The molecule has 0 aliphatic heterocycles. The number of aliphatic carboxylic acids is 1. The lowest BCUT2D eigenvalue weighted by molar-refractivity contribution is -0.132. The Labute approximate surface area is 325 Å². The first-order valence-electron chi connectivity index (χ1n) is 18.8. The molecule has 3 heterocycles. The van der Waals surface area contributed by atoms with Crippen LogP contribution in [-0.4, -0.2) is 45.4 Å². The van der Waals surface area contributed by atoms with Gasteiger partial charge in [0.1, 0.15) is 5.82 Å². The largest absolute Gasteiger partial charge is 0.478 e. The monoisotopic (exact) mass is 735 g/mol. The Balaban J connectivity index is 1.18. The minimum Gasteiger partial charge on any atom is -0.478 e. The van der Waals surface area contributed by atoms with Gasteiger partial charge in [-0.25, -0.2) is 9.78 Å². The number of tetrazole rings is 1. The van der Waals surface area contributed by atoms with Crippen molar-refractivity contribution in [2.45, 2.75) is 38.8 Å². The van der Waals surface area contributed by atoms with Crippen LogP contribution in [-0.2, 0) is 23.3 Å². The van der Waals surface area contributed by atoms with Gasteiger partial charge in [0.2, 0.25) is 5.82 Å². The molecule has 3 aromatic heterocycles. The molecule has 0 fully saturated rings. The van der Waals surface area contributed by atoms with Gasteiger partial charge in [-0.15, -0.1) is 15.0 Å². The van der Waals surface area contributed by atoms with Gasteiger partial charge in [-0.2, -0.15) is 0 Å². The van der Waals surface area contributed by atoms with E-state index >= 15 is 0 Å². The molecule has 0 radical (unpaired) electrons. The molecule has 9 nitrogen and oxygen atoms in total. The second-order valence-corrected chi connectivity index (χ2v) is 13.7. The molecule has 0 saturated carbocycles. The van der Waals surface area contributed by atoms with Gasteiger partial charge in [-0.1, -0.05) is 146 Å². The summed E-state index contributed by atoms with van der Waals surface area (Å²) in [4.78, 5) is 18.7. The normalized spacial score (nSPS) is 11.9. The zero-order chi connectivity index (χ0) is 38.5. The summed E-state index contributed by atoms with van der Waals surface area (Å²) >= 11 is 0. The molecule has 276 valence electrons. The van der Waals surface area contributed by atoms with Crippen LogP contribution in [0.15, 0.2) is 170 Å². The summed E-state index contributed by atoms with van der Waals surface area (Å²) in [5.74, 6) is 1.17. The summed E-state index contributed by atoms with van der Waals surface area (Å²) in [7, 11) is 0. The van der Waals surface area contributed by atoms with Crippen LogP contribution >= 0.6 is 0 Å². The summed E-state index contributed by atoms with van der Waals surface area (Å²) < 4.78 is 4.07.